The monoisotopic (exact) mass is 312 g/mol. The normalized spacial score (nSPS) is 16.7. The van der Waals surface area contributed by atoms with Crippen LogP contribution in [0.4, 0.5) is 0 Å². The van der Waals surface area contributed by atoms with Gasteiger partial charge in [0.15, 0.2) is 0 Å². The molecule has 0 atom stereocenters. The molecule has 0 radical (unpaired) electrons. The van der Waals surface area contributed by atoms with Crippen molar-refractivity contribution < 1.29 is 8.83 Å². The topological polar surface area (TPSA) is 41.5 Å². The molecule has 122 valence electrons. The Labute approximate surface area is 136 Å². The number of nitrogens with one attached hydrogen (secondary N) is 1. The molecule has 1 fully saturated rings. The molecule has 3 heterocycles. The standard InChI is InChI=1S/C19H24N2O2/c1-12-10-16-14(3)18-17(11-13(2)22-18)15(19(16)23-12)4-7-21-8-5-20-6-9-21/h10-11,20H,4-9H2,1-3H3. The molecule has 0 amide bonds. The summed E-state index contributed by atoms with van der Waals surface area (Å²) in [5.41, 5.74) is 4.55. The van der Waals surface area contributed by atoms with Crippen molar-refractivity contribution in [2.45, 2.75) is 27.2 Å². The fourth-order valence-electron chi connectivity index (χ4n) is 3.73. The van der Waals surface area contributed by atoms with E-state index in [1.165, 1.54) is 21.9 Å². The van der Waals surface area contributed by atoms with Gasteiger partial charge in [0.1, 0.15) is 22.7 Å². The number of hydrogen-bond donors (Lipinski definition) is 1. The molecular weight excluding hydrogens is 288 g/mol. The first-order chi connectivity index (χ1) is 11.1. The first kappa shape index (κ1) is 14.8. The fourth-order valence-corrected chi connectivity index (χ4v) is 3.73. The molecule has 3 aromatic rings. The van der Waals surface area contributed by atoms with Gasteiger partial charge in [0, 0.05) is 54.6 Å². The first-order valence-electron chi connectivity index (χ1n) is 8.48. The summed E-state index contributed by atoms with van der Waals surface area (Å²) >= 11 is 0. The molecule has 23 heavy (non-hydrogen) atoms. The highest BCUT2D eigenvalue weighted by atomic mass is 16.3. The van der Waals surface area contributed by atoms with Crippen LogP contribution >= 0.6 is 0 Å². The van der Waals surface area contributed by atoms with E-state index >= 15 is 0 Å². The van der Waals surface area contributed by atoms with E-state index in [4.69, 9.17) is 8.83 Å². The Morgan fingerprint density at radius 1 is 0.957 bits per heavy atom. The number of furan rings is 2. The molecule has 1 aromatic carbocycles. The molecule has 0 spiro atoms. The second-order valence-electron chi connectivity index (χ2n) is 6.64. The molecular formula is C19H24N2O2. The summed E-state index contributed by atoms with van der Waals surface area (Å²) in [5.74, 6) is 1.94. The van der Waals surface area contributed by atoms with E-state index in [0.29, 0.717) is 0 Å². The van der Waals surface area contributed by atoms with Gasteiger partial charge >= 0.3 is 0 Å². The lowest BCUT2D eigenvalue weighted by atomic mass is 9.99. The number of nitrogens with zero attached hydrogens (tertiary/aromatic N) is 1. The highest BCUT2D eigenvalue weighted by Crippen LogP contribution is 2.36. The predicted octanol–water partition coefficient (Wildman–Crippen LogP) is 3.55. The zero-order valence-electron chi connectivity index (χ0n) is 14.2. The molecule has 4 rings (SSSR count). The second kappa shape index (κ2) is 5.69. The van der Waals surface area contributed by atoms with E-state index in [0.717, 1.165) is 61.8 Å². The zero-order valence-corrected chi connectivity index (χ0v) is 14.2. The lowest BCUT2D eigenvalue weighted by Crippen LogP contribution is -2.44. The highest BCUT2D eigenvalue weighted by molar-refractivity contribution is 6.01. The predicted molar refractivity (Wildman–Crippen MR) is 93.2 cm³/mol. The van der Waals surface area contributed by atoms with Gasteiger partial charge in [-0.1, -0.05) is 0 Å². The van der Waals surface area contributed by atoms with Crippen LogP contribution in [-0.4, -0.2) is 37.6 Å². The van der Waals surface area contributed by atoms with E-state index < -0.39 is 0 Å². The number of fused-ring (bicyclic) bond motifs is 2. The number of piperazine rings is 1. The van der Waals surface area contributed by atoms with Crippen molar-refractivity contribution in [2.24, 2.45) is 0 Å². The van der Waals surface area contributed by atoms with Crippen molar-refractivity contribution in [2.75, 3.05) is 32.7 Å². The number of rotatable bonds is 3. The maximum Gasteiger partial charge on any atom is 0.138 e. The molecule has 0 saturated carbocycles. The van der Waals surface area contributed by atoms with Gasteiger partial charge in [0.2, 0.25) is 0 Å². The van der Waals surface area contributed by atoms with Crippen LogP contribution in [0.5, 0.6) is 0 Å². The molecule has 1 aliphatic heterocycles. The van der Waals surface area contributed by atoms with E-state index in [1.54, 1.807) is 0 Å². The molecule has 1 aliphatic rings. The third kappa shape index (κ3) is 2.56. The van der Waals surface area contributed by atoms with Gasteiger partial charge < -0.3 is 19.1 Å². The molecule has 0 unspecified atom stereocenters. The minimum atomic E-state index is 0.968. The van der Waals surface area contributed by atoms with Crippen molar-refractivity contribution >= 4 is 21.9 Å². The van der Waals surface area contributed by atoms with Gasteiger partial charge in [-0.05, 0) is 39.3 Å². The van der Waals surface area contributed by atoms with Crippen molar-refractivity contribution in [1.29, 1.82) is 0 Å². The Morgan fingerprint density at radius 2 is 1.61 bits per heavy atom. The minimum Gasteiger partial charge on any atom is -0.461 e. The van der Waals surface area contributed by atoms with E-state index in [1.807, 2.05) is 13.8 Å². The molecule has 0 aliphatic carbocycles. The highest BCUT2D eigenvalue weighted by Gasteiger charge is 2.19. The molecule has 2 aromatic heterocycles. The number of hydrogen-bond acceptors (Lipinski definition) is 4. The Morgan fingerprint density at radius 3 is 2.35 bits per heavy atom. The van der Waals surface area contributed by atoms with Gasteiger partial charge in [0.05, 0.1) is 0 Å². The van der Waals surface area contributed by atoms with E-state index in [2.05, 4.69) is 29.3 Å². The van der Waals surface area contributed by atoms with Crippen LogP contribution < -0.4 is 5.32 Å². The van der Waals surface area contributed by atoms with E-state index in [9.17, 15) is 0 Å². The Bertz CT molecular complexity index is 796. The van der Waals surface area contributed by atoms with Crippen LogP contribution in [0.3, 0.4) is 0 Å². The van der Waals surface area contributed by atoms with Crippen LogP contribution in [0.25, 0.3) is 21.9 Å². The zero-order chi connectivity index (χ0) is 16.0. The quantitative estimate of drug-likeness (QED) is 0.803. The number of aryl methyl sites for hydroxylation is 3. The average molecular weight is 312 g/mol. The van der Waals surface area contributed by atoms with Crippen LogP contribution in [0.1, 0.15) is 22.6 Å². The van der Waals surface area contributed by atoms with Crippen LogP contribution in [-0.2, 0) is 6.42 Å². The maximum absolute atomic E-state index is 6.06. The van der Waals surface area contributed by atoms with Crippen molar-refractivity contribution in [3.63, 3.8) is 0 Å². The van der Waals surface area contributed by atoms with Crippen LogP contribution in [0.2, 0.25) is 0 Å². The SMILES string of the molecule is Cc1cc2c(CCN3CCNCC3)c3oc(C)cc3c(C)c2o1. The molecule has 0 bridgehead atoms. The summed E-state index contributed by atoms with van der Waals surface area (Å²) in [6.07, 6.45) is 0.999. The summed E-state index contributed by atoms with van der Waals surface area (Å²) in [5, 5.41) is 5.82. The van der Waals surface area contributed by atoms with Gasteiger partial charge in [-0.2, -0.15) is 0 Å². The molecule has 1 saturated heterocycles. The van der Waals surface area contributed by atoms with Crippen LogP contribution in [0.15, 0.2) is 21.0 Å². The third-order valence-electron chi connectivity index (χ3n) is 4.94. The summed E-state index contributed by atoms with van der Waals surface area (Å²) in [6, 6.07) is 4.29. The molecule has 4 nitrogen and oxygen atoms in total. The Balaban J connectivity index is 1.79. The minimum absolute atomic E-state index is 0.968. The van der Waals surface area contributed by atoms with Crippen molar-refractivity contribution in [3.05, 3.63) is 34.8 Å². The average Bonchev–Trinajstić information content (AvgIpc) is 3.11. The maximum atomic E-state index is 6.06. The Hall–Kier alpha value is -1.78. The lowest BCUT2D eigenvalue weighted by molar-refractivity contribution is 0.244. The summed E-state index contributed by atoms with van der Waals surface area (Å²) in [4.78, 5) is 2.52. The molecule has 1 N–H and O–H groups in total. The number of benzene rings is 1. The van der Waals surface area contributed by atoms with Gasteiger partial charge in [-0.25, -0.2) is 0 Å². The van der Waals surface area contributed by atoms with Crippen LogP contribution in [0, 0.1) is 20.8 Å². The van der Waals surface area contributed by atoms with Gasteiger partial charge in [0.25, 0.3) is 0 Å². The largest absolute Gasteiger partial charge is 0.461 e. The smallest absolute Gasteiger partial charge is 0.138 e. The lowest BCUT2D eigenvalue weighted by Gasteiger charge is -2.27. The third-order valence-corrected chi connectivity index (χ3v) is 4.94. The van der Waals surface area contributed by atoms with Crippen molar-refractivity contribution in [3.8, 4) is 0 Å². The van der Waals surface area contributed by atoms with Gasteiger partial charge in [-0.15, -0.1) is 0 Å². The second-order valence-corrected chi connectivity index (χ2v) is 6.64. The summed E-state index contributed by atoms with van der Waals surface area (Å²) in [6.45, 7) is 11.7. The first-order valence-corrected chi connectivity index (χ1v) is 8.48. The van der Waals surface area contributed by atoms with E-state index in [-0.39, 0.29) is 0 Å². The fraction of sp³-hybridized carbons (Fsp3) is 0.474. The van der Waals surface area contributed by atoms with Crippen molar-refractivity contribution in [1.82, 2.24) is 10.2 Å². The summed E-state index contributed by atoms with van der Waals surface area (Å²) < 4.78 is 12.0. The summed E-state index contributed by atoms with van der Waals surface area (Å²) in [7, 11) is 0. The van der Waals surface area contributed by atoms with Gasteiger partial charge in [-0.3, -0.25) is 0 Å². The molecule has 4 heteroatoms. The Kier molecular flexibility index (Phi) is 3.66.